The van der Waals surface area contributed by atoms with Gasteiger partial charge in [0, 0.05) is 11.4 Å². The average molecular weight is 335 g/mol. The van der Waals surface area contributed by atoms with Crippen LogP contribution < -0.4 is 5.32 Å². The third kappa shape index (κ3) is 2.84. The van der Waals surface area contributed by atoms with Gasteiger partial charge in [0.15, 0.2) is 5.82 Å². The molecule has 0 radical (unpaired) electrons. The van der Waals surface area contributed by atoms with Crippen LogP contribution in [0.4, 0.5) is 11.5 Å². The van der Waals surface area contributed by atoms with E-state index in [0.717, 1.165) is 16.1 Å². The minimum atomic E-state index is -1.10. The van der Waals surface area contributed by atoms with E-state index in [1.807, 2.05) is 50.2 Å². The summed E-state index contributed by atoms with van der Waals surface area (Å²) in [5.74, 6) is 0.582. The largest absolute Gasteiger partial charge is 0.337 e. The molecule has 7 heteroatoms. The first-order chi connectivity index (χ1) is 10.6. The summed E-state index contributed by atoms with van der Waals surface area (Å²) in [6, 6.07) is 11.3. The summed E-state index contributed by atoms with van der Waals surface area (Å²) in [6.07, 6.45) is 1.80. The Balaban J connectivity index is 2.06. The molecule has 3 aromatic rings. The Labute approximate surface area is 135 Å². The van der Waals surface area contributed by atoms with E-state index in [9.17, 15) is 4.21 Å². The molecule has 3 rings (SSSR count). The standard InChI is InChI=1S/C15H15ClN4OS/c1-10(2)22(21)13-8-4-3-6-11(13)17-14-12-7-5-9-20(12)19-15(16)18-14/h3-10H,1-2H3,(H,17,18,19). The summed E-state index contributed by atoms with van der Waals surface area (Å²) in [5.41, 5.74) is 1.56. The fraction of sp³-hybridized carbons (Fsp3) is 0.200. The fourth-order valence-electron chi connectivity index (χ4n) is 2.13. The summed E-state index contributed by atoms with van der Waals surface area (Å²) in [5, 5.41) is 7.50. The molecule has 1 N–H and O–H groups in total. The van der Waals surface area contributed by atoms with E-state index in [4.69, 9.17) is 11.6 Å². The molecule has 0 saturated carbocycles. The lowest BCUT2D eigenvalue weighted by molar-refractivity contribution is 0.677. The topological polar surface area (TPSA) is 59.3 Å². The number of benzene rings is 1. The Bertz CT molecular complexity index is 846. The van der Waals surface area contributed by atoms with Gasteiger partial charge in [0.25, 0.3) is 0 Å². The van der Waals surface area contributed by atoms with Crippen LogP contribution in [0.15, 0.2) is 47.5 Å². The molecule has 1 aromatic carbocycles. The van der Waals surface area contributed by atoms with Crippen LogP contribution in [0.3, 0.4) is 0 Å². The maximum absolute atomic E-state index is 12.4. The molecule has 0 saturated heterocycles. The number of fused-ring (bicyclic) bond motifs is 1. The van der Waals surface area contributed by atoms with Crippen molar-refractivity contribution < 1.29 is 4.21 Å². The lowest BCUT2D eigenvalue weighted by Crippen LogP contribution is -2.09. The number of hydrogen-bond acceptors (Lipinski definition) is 4. The van der Waals surface area contributed by atoms with Gasteiger partial charge in [-0.05, 0) is 35.9 Å². The van der Waals surface area contributed by atoms with E-state index in [2.05, 4.69) is 15.4 Å². The van der Waals surface area contributed by atoms with Gasteiger partial charge < -0.3 is 5.32 Å². The molecule has 0 bridgehead atoms. The minimum Gasteiger partial charge on any atom is -0.337 e. The van der Waals surface area contributed by atoms with Crippen molar-refractivity contribution >= 4 is 39.4 Å². The number of rotatable bonds is 4. The van der Waals surface area contributed by atoms with Gasteiger partial charge in [-0.3, -0.25) is 4.21 Å². The number of anilines is 2. The second kappa shape index (κ2) is 6.06. The van der Waals surface area contributed by atoms with Gasteiger partial charge in [-0.15, -0.1) is 5.10 Å². The molecule has 2 heterocycles. The van der Waals surface area contributed by atoms with Crippen molar-refractivity contribution in [1.29, 1.82) is 0 Å². The van der Waals surface area contributed by atoms with Gasteiger partial charge in [0.05, 0.1) is 21.4 Å². The van der Waals surface area contributed by atoms with Gasteiger partial charge in [-0.1, -0.05) is 26.0 Å². The second-order valence-corrected chi connectivity index (χ2v) is 7.35. The molecule has 22 heavy (non-hydrogen) atoms. The predicted molar refractivity (Wildman–Crippen MR) is 89.3 cm³/mol. The number of halogens is 1. The smallest absolute Gasteiger partial charge is 0.243 e. The van der Waals surface area contributed by atoms with Crippen molar-refractivity contribution in [2.75, 3.05) is 5.32 Å². The van der Waals surface area contributed by atoms with Crippen LogP contribution in [0.1, 0.15) is 13.8 Å². The van der Waals surface area contributed by atoms with Crippen molar-refractivity contribution in [3.8, 4) is 0 Å². The summed E-state index contributed by atoms with van der Waals surface area (Å²) < 4.78 is 14.1. The van der Waals surface area contributed by atoms with Crippen molar-refractivity contribution in [2.24, 2.45) is 0 Å². The summed E-state index contributed by atoms with van der Waals surface area (Å²) >= 11 is 5.96. The van der Waals surface area contributed by atoms with Crippen LogP contribution in [-0.4, -0.2) is 24.1 Å². The van der Waals surface area contributed by atoms with Crippen LogP contribution in [0, 0.1) is 0 Å². The number of para-hydroxylation sites is 1. The summed E-state index contributed by atoms with van der Waals surface area (Å²) in [6.45, 7) is 3.86. The molecule has 5 nitrogen and oxygen atoms in total. The molecule has 1 unspecified atom stereocenters. The van der Waals surface area contributed by atoms with Crippen LogP contribution in [0.25, 0.3) is 5.52 Å². The zero-order valence-electron chi connectivity index (χ0n) is 12.2. The summed E-state index contributed by atoms with van der Waals surface area (Å²) in [7, 11) is -1.10. The second-order valence-electron chi connectivity index (χ2n) is 5.03. The monoisotopic (exact) mass is 334 g/mol. The fourth-order valence-corrected chi connectivity index (χ4v) is 3.35. The third-order valence-corrected chi connectivity index (χ3v) is 4.96. The SMILES string of the molecule is CC(C)S(=O)c1ccccc1Nc1nc(Cl)nn2cccc12. The maximum Gasteiger partial charge on any atom is 0.243 e. The van der Waals surface area contributed by atoms with Crippen LogP contribution in [0.5, 0.6) is 0 Å². The molecule has 0 amide bonds. The maximum atomic E-state index is 12.4. The van der Waals surface area contributed by atoms with Crippen molar-refractivity contribution in [2.45, 2.75) is 24.0 Å². The number of hydrogen-bond donors (Lipinski definition) is 1. The van der Waals surface area contributed by atoms with E-state index in [0.29, 0.717) is 5.82 Å². The van der Waals surface area contributed by atoms with E-state index in [-0.39, 0.29) is 10.5 Å². The lowest BCUT2D eigenvalue weighted by atomic mass is 10.3. The van der Waals surface area contributed by atoms with Crippen molar-refractivity contribution in [3.63, 3.8) is 0 Å². The highest BCUT2D eigenvalue weighted by molar-refractivity contribution is 7.85. The van der Waals surface area contributed by atoms with E-state index < -0.39 is 10.8 Å². The number of aromatic nitrogens is 3. The van der Waals surface area contributed by atoms with Crippen molar-refractivity contribution in [3.05, 3.63) is 47.9 Å². The zero-order valence-corrected chi connectivity index (χ0v) is 13.7. The number of nitrogens with zero attached hydrogens (tertiary/aromatic N) is 3. The first kappa shape index (κ1) is 15.0. The highest BCUT2D eigenvalue weighted by atomic mass is 35.5. The highest BCUT2D eigenvalue weighted by Crippen LogP contribution is 2.27. The Morgan fingerprint density at radius 3 is 2.77 bits per heavy atom. The van der Waals surface area contributed by atoms with Gasteiger partial charge in [-0.25, -0.2) is 4.52 Å². The normalized spacial score (nSPS) is 12.7. The van der Waals surface area contributed by atoms with Gasteiger partial charge in [0.2, 0.25) is 5.28 Å². The predicted octanol–water partition coefficient (Wildman–Crippen LogP) is 3.64. The number of nitrogens with one attached hydrogen (secondary N) is 1. The van der Waals surface area contributed by atoms with Crippen LogP contribution in [0.2, 0.25) is 5.28 Å². The minimum absolute atomic E-state index is 0.0326. The molecule has 0 aliphatic rings. The Kier molecular flexibility index (Phi) is 4.13. The molecule has 1 atom stereocenters. The Morgan fingerprint density at radius 1 is 1.23 bits per heavy atom. The Morgan fingerprint density at radius 2 is 2.00 bits per heavy atom. The molecule has 2 aromatic heterocycles. The van der Waals surface area contributed by atoms with E-state index >= 15 is 0 Å². The van der Waals surface area contributed by atoms with E-state index in [1.165, 1.54) is 0 Å². The van der Waals surface area contributed by atoms with Crippen molar-refractivity contribution in [1.82, 2.24) is 14.6 Å². The molecule has 0 fully saturated rings. The molecular weight excluding hydrogens is 320 g/mol. The van der Waals surface area contributed by atoms with Crippen LogP contribution in [-0.2, 0) is 10.8 Å². The first-order valence-electron chi connectivity index (χ1n) is 6.84. The average Bonchev–Trinajstić information content (AvgIpc) is 2.95. The molecule has 114 valence electrons. The highest BCUT2D eigenvalue weighted by Gasteiger charge is 2.14. The Hall–Kier alpha value is -1.92. The lowest BCUT2D eigenvalue weighted by Gasteiger charge is -2.13. The molecular formula is C15H15ClN4OS. The van der Waals surface area contributed by atoms with Gasteiger partial charge in [-0.2, -0.15) is 4.98 Å². The van der Waals surface area contributed by atoms with Crippen LogP contribution >= 0.6 is 11.6 Å². The molecule has 0 aliphatic heterocycles. The van der Waals surface area contributed by atoms with E-state index in [1.54, 1.807) is 10.7 Å². The zero-order chi connectivity index (χ0) is 15.7. The molecule has 0 aliphatic carbocycles. The quantitative estimate of drug-likeness (QED) is 0.791. The van der Waals surface area contributed by atoms with Gasteiger partial charge >= 0.3 is 0 Å². The first-order valence-corrected chi connectivity index (χ1v) is 8.43. The molecule has 0 spiro atoms. The summed E-state index contributed by atoms with van der Waals surface area (Å²) in [4.78, 5) is 4.98. The van der Waals surface area contributed by atoms with Gasteiger partial charge in [0.1, 0.15) is 5.52 Å². The third-order valence-electron chi connectivity index (χ3n) is 3.15.